The van der Waals surface area contributed by atoms with Crippen molar-refractivity contribution in [3.05, 3.63) is 114 Å². The van der Waals surface area contributed by atoms with Gasteiger partial charge in [0, 0.05) is 19.1 Å². The zero-order valence-electron chi connectivity index (χ0n) is 14.8. The van der Waals surface area contributed by atoms with E-state index in [9.17, 15) is 0 Å². The lowest BCUT2D eigenvalue weighted by Gasteiger charge is -2.27. The van der Waals surface area contributed by atoms with Gasteiger partial charge in [-0.05, 0) is 23.6 Å². The van der Waals surface area contributed by atoms with Crippen molar-refractivity contribution in [1.29, 1.82) is 0 Å². The van der Waals surface area contributed by atoms with Gasteiger partial charge in [-0.3, -0.25) is 4.90 Å². The van der Waals surface area contributed by atoms with Crippen molar-refractivity contribution in [2.75, 3.05) is 0 Å². The summed E-state index contributed by atoms with van der Waals surface area (Å²) in [6.07, 6.45) is 4.51. The fraction of sp³-hybridized carbons (Fsp3) is 0.167. The van der Waals surface area contributed by atoms with Gasteiger partial charge >= 0.3 is 0 Å². The molecular formula is C24H25N. The number of benzene rings is 3. The van der Waals surface area contributed by atoms with Crippen LogP contribution in [0.1, 0.15) is 23.6 Å². The minimum atomic E-state index is 0.348. The molecule has 0 radical (unpaired) electrons. The largest absolute Gasteiger partial charge is 0.289 e. The van der Waals surface area contributed by atoms with E-state index >= 15 is 0 Å². The van der Waals surface area contributed by atoms with E-state index in [-0.39, 0.29) is 0 Å². The molecule has 0 bridgehead atoms. The first kappa shape index (κ1) is 17.2. The van der Waals surface area contributed by atoms with Crippen LogP contribution < -0.4 is 0 Å². The molecule has 1 heteroatoms. The minimum Gasteiger partial charge on any atom is -0.289 e. The third kappa shape index (κ3) is 5.44. The second kappa shape index (κ2) is 9.00. The Kier molecular flexibility index (Phi) is 6.19. The lowest BCUT2D eigenvalue weighted by atomic mass is 10.1. The monoisotopic (exact) mass is 327 g/mol. The molecule has 0 heterocycles. The molecule has 0 aliphatic carbocycles. The molecule has 0 aliphatic heterocycles. The van der Waals surface area contributed by atoms with E-state index in [2.05, 4.69) is 115 Å². The highest BCUT2D eigenvalue weighted by Crippen LogP contribution is 2.15. The van der Waals surface area contributed by atoms with Gasteiger partial charge in [-0.1, -0.05) is 103 Å². The lowest BCUT2D eigenvalue weighted by Crippen LogP contribution is -2.30. The maximum atomic E-state index is 2.50. The van der Waals surface area contributed by atoms with E-state index in [0.717, 1.165) is 13.1 Å². The van der Waals surface area contributed by atoms with E-state index in [4.69, 9.17) is 0 Å². The molecule has 0 N–H and O–H groups in total. The number of rotatable bonds is 7. The first-order valence-electron chi connectivity index (χ1n) is 8.86. The summed E-state index contributed by atoms with van der Waals surface area (Å²) in [6.45, 7) is 4.15. The summed E-state index contributed by atoms with van der Waals surface area (Å²) in [7, 11) is 0. The summed E-state index contributed by atoms with van der Waals surface area (Å²) in [5.41, 5.74) is 3.94. The predicted molar refractivity (Wildman–Crippen MR) is 107 cm³/mol. The van der Waals surface area contributed by atoms with Crippen LogP contribution in [0.5, 0.6) is 0 Å². The Morgan fingerprint density at radius 1 is 0.680 bits per heavy atom. The van der Waals surface area contributed by atoms with Gasteiger partial charge in [-0.2, -0.15) is 0 Å². The highest BCUT2D eigenvalue weighted by atomic mass is 15.1. The molecule has 3 aromatic rings. The fourth-order valence-electron chi connectivity index (χ4n) is 2.92. The van der Waals surface area contributed by atoms with E-state index in [0.29, 0.717) is 6.04 Å². The van der Waals surface area contributed by atoms with E-state index in [1.54, 1.807) is 0 Å². The molecule has 0 aliphatic rings. The van der Waals surface area contributed by atoms with Gasteiger partial charge in [0.2, 0.25) is 0 Å². The van der Waals surface area contributed by atoms with Crippen LogP contribution >= 0.6 is 0 Å². The van der Waals surface area contributed by atoms with Crippen LogP contribution in [0.15, 0.2) is 97.1 Å². The first-order valence-corrected chi connectivity index (χ1v) is 8.86. The molecule has 0 saturated carbocycles. The Balaban J connectivity index is 1.75. The van der Waals surface area contributed by atoms with Crippen LogP contribution in [-0.4, -0.2) is 10.9 Å². The maximum Gasteiger partial charge on any atom is 0.0260 e. The standard InChI is InChI=1S/C24H25N/c1-21(17-18-22-11-5-2-6-12-22)25(19-23-13-7-3-8-14-23)20-24-15-9-4-10-16-24/h2-18,21H,19-20H2,1H3/b18-17+. The summed E-state index contributed by atoms with van der Waals surface area (Å²) >= 11 is 0. The van der Waals surface area contributed by atoms with Gasteiger partial charge in [0.1, 0.15) is 0 Å². The van der Waals surface area contributed by atoms with Gasteiger partial charge in [-0.15, -0.1) is 0 Å². The summed E-state index contributed by atoms with van der Waals surface area (Å²) in [5, 5.41) is 0. The molecule has 1 atom stereocenters. The van der Waals surface area contributed by atoms with Crippen LogP contribution in [0.4, 0.5) is 0 Å². The molecular weight excluding hydrogens is 302 g/mol. The van der Waals surface area contributed by atoms with Crippen LogP contribution in [0, 0.1) is 0 Å². The molecule has 0 spiro atoms. The summed E-state index contributed by atoms with van der Waals surface area (Å²) in [4.78, 5) is 2.50. The normalized spacial score (nSPS) is 12.6. The number of hydrogen-bond acceptors (Lipinski definition) is 1. The topological polar surface area (TPSA) is 3.24 Å². The maximum absolute atomic E-state index is 2.50. The highest BCUT2D eigenvalue weighted by Gasteiger charge is 2.12. The summed E-state index contributed by atoms with van der Waals surface area (Å²) in [5.74, 6) is 0. The zero-order chi connectivity index (χ0) is 17.3. The lowest BCUT2D eigenvalue weighted by molar-refractivity contribution is 0.223. The predicted octanol–water partition coefficient (Wildman–Crippen LogP) is 5.79. The van der Waals surface area contributed by atoms with Crippen molar-refractivity contribution in [2.24, 2.45) is 0 Å². The molecule has 0 aromatic heterocycles. The zero-order valence-corrected chi connectivity index (χ0v) is 14.8. The fourth-order valence-corrected chi connectivity index (χ4v) is 2.92. The van der Waals surface area contributed by atoms with Gasteiger partial charge in [0.25, 0.3) is 0 Å². The number of hydrogen-bond donors (Lipinski definition) is 0. The van der Waals surface area contributed by atoms with E-state index < -0.39 is 0 Å². The van der Waals surface area contributed by atoms with Crippen molar-refractivity contribution < 1.29 is 0 Å². The molecule has 25 heavy (non-hydrogen) atoms. The van der Waals surface area contributed by atoms with Crippen molar-refractivity contribution in [1.82, 2.24) is 4.90 Å². The SMILES string of the molecule is CC(/C=C/c1ccccc1)N(Cc1ccccc1)Cc1ccccc1. The van der Waals surface area contributed by atoms with Crippen LogP contribution in [0.25, 0.3) is 6.08 Å². The van der Waals surface area contributed by atoms with Crippen LogP contribution in [-0.2, 0) is 13.1 Å². The Bertz CT molecular complexity index is 721. The second-order valence-corrected chi connectivity index (χ2v) is 6.39. The third-order valence-corrected chi connectivity index (χ3v) is 4.40. The van der Waals surface area contributed by atoms with Crippen LogP contribution in [0.3, 0.4) is 0 Å². The Morgan fingerprint density at radius 3 is 1.60 bits per heavy atom. The Labute approximate surface area is 151 Å². The van der Waals surface area contributed by atoms with Crippen molar-refractivity contribution in [3.63, 3.8) is 0 Å². The van der Waals surface area contributed by atoms with E-state index in [1.165, 1.54) is 16.7 Å². The van der Waals surface area contributed by atoms with Gasteiger partial charge in [-0.25, -0.2) is 0 Å². The van der Waals surface area contributed by atoms with Crippen molar-refractivity contribution >= 4 is 6.08 Å². The average molecular weight is 327 g/mol. The molecule has 1 nitrogen and oxygen atoms in total. The summed E-state index contributed by atoms with van der Waals surface area (Å²) < 4.78 is 0. The molecule has 0 amide bonds. The van der Waals surface area contributed by atoms with Crippen molar-refractivity contribution in [3.8, 4) is 0 Å². The molecule has 126 valence electrons. The summed E-state index contributed by atoms with van der Waals surface area (Å²) in [6, 6.07) is 32.2. The van der Waals surface area contributed by atoms with Crippen LogP contribution in [0.2, 0.25) is 0 Å². The number of nitrogens with zero attached hydrogens (tertiary/aromatic N) is 1. The molecule has 3 aromatic carbocycles. The second-order valence-electron chi connectivity index (χ2n) is 6.39. The average Bonchev–Trinajstić information content (AvgIpc) is 2.68. The van der Waals surface area contributed by atoms with Gasteiger partial charge in [0.05, 0.1) is 0 Å². The minimum absolute atomic E-state index is 0.348. The van der Waals surface area contributed by atoms with Crippen molar-refractivity contribution in [2.45, 2.75) is 26.1 Å². The third-order valence-electron chi connectivity index (χ3n) is 4.40. The highest BCUT2D eigenvalue weighted by molar-refractivity contribution is 5.49. The Hall–Kier alpha value is -2.64. The van der Waals surface area contributed by atoms with E-state index in [1.807, 2.05) is 0 Å². The Morgan fingerprint density at radius 2 is 1.12 bits per heavy atom. The quantitative estimate of drug-likeness (QED) is 0.531. The molecule has 1 unspecified atom stereocenters. The molecule has 3 rings (SSSR count). The molecule has 0 fully saturated rings. The van der Waals surface area contributed by atoms with Gasteiger partial charge in [0.15, 0.2) is 0 Å². The molecule has 0 saturated heterocycles. The first-order chi connectivity index (χ1) is 12.3. The smallest absolute Gasteiger partial charge is 0.0260 e. The van der Waals surface area contributed by atoms with Gasteiger partial charge < -0.3 is 0 Å².